The number of hydrogen-bond donors (Lipinski definition) is 3. The first-order valence-corrected chi connectivity index (χ1v) is 15.8. The van der Waals surface area contributed by atoms with Crippen LogP contribution in [0.3, 0.4) is 0 Å². The van der Waals surface area contributed by atoms with E-state index in [0.29, 0.717) is 16.8 Å². The molecule has 4 N–H and O–H groups in total. The van der Waals surface area contributed by atoms with E-state index >= 15 is 0 Å². The van der Waals surface area contributed by atoms with Crippen LogP contribution >= 0.6 is 81.1 Å². The Labute approximate surface area is 297 Å². The second-order valence-electron chi connectivity index (χ2n) is 8.64. The van der Waals surface area contributed by atoms with Crippen LogP contribution < -0.4 is 16.8 Å². The van der Waals surface area contributed by atoms with Gasteiger partial charge in [0.1, 0.15) is 19.8 Å². The molecule has 3 aromatic heterocycles. The van der Waals surface area contributed by atoms with Gasteiger partial charge < -0.3 is 0 Å². The van der Waals surface area contributed by atoms with Gasteiger partial charge in [-0.05, 0) is 65.7 Å². The number of halogens is 5. The highest BCUT2D eigenvalue weighted by Crippen LogP contribution is 2.29. The number of rotatable bonds is 5. The Bertz CT molecular complexity index is 1900. The minimum Gasteiger partial charge on any atom is -0.289 e. The Morgan fingerprint density at radius 1 is 0.891 bits per heavy atom. The number of carbonyl (C=O) groups excluding carboxylic acids is 3. The second kappa shape index (κ2) is 18.1. The summed E-state index contributed by atoms with van der Waals surface area (Å²) in [5.41, 5.74) is 4.90. The molecular weight excluding hydrogens is 738 g/mol. The Morgan fingerprint density at radius 3 is 1.85 bits per heavy atom. The van der Waals surface area contributed by atoms with Gasteiger partial charge in [0.15, 0.2) is 10.3 Å². The molecular formula is C29H25Cl5N6O4S2. The number of nitrogens with two attached hydrogens (primary N) is 1. The quantitative estimate of drug-likeness (QED) is 0.0537. The summed E-state index contributed by atoms with van der Waals surface area (Å²) in [7, 11) is 0. The first-order valence-electron chi connectivity index (χ1n) is 12.3. The molecule has 17 heteroatoms. The van der Waals surface area contributed by atoms with E-state index in [0.717, 1.165) is 38.9 Å². The van der Waals surface area contributed by atoms with Crippen molar-refractivity contribution in [1.82, 2.24) is 24.0 Å². The number of hydrazine groups is 1. The van der Waals surface area contributed by atoms with Crippen LogP contribution in [0.5, 0.6) is 0 Å². The third-order valence-electron chi connectivity index (χ3n) is 5.61. The van der Waals surface area contributed by atoms with E-state index in [1.165, 1.54) is 0 Å². The van der Waals surface area contributed by atoms with Crippen molar-refractivity contribution in [2.75, 3.05) is 0 Å². The molecule has 3 heterocycles. The van der Waals surface area contributed by atoms with Gasteiger partial charge in [-0.25, -0.2) is 5.84 Å². The van der Waals surface area contributed by atoms with Gasteiger partial charge in [0.2, 0.25) is 5.24 Å². The van der Waals surface area contributed by atoms with Crippen molar-refractivity contribution in [2.24, 2.45) is 5.84 Å². The van der Waals surface area contributed by atoms with Crippen molar-refractivity contribution >= 4 is 104 Å². The highest BCUT2D eigenvalue weighted by Gasteiger charge is 2.23. The molecule has 242 valence electrons. The highest BCUT2D eigenvalue weighted by atomic mass is 35.5. The molecule has 0 unspecified atom stereocenters. The third-order valence-corrected chi connectivity index (χ3v) is 9.49. The molecule has 0 atom stereocenters. The van der Waals surface area contributed by atoms with E-state index in [1.54, 1.807) is 19.9 Å². The number of nitrogen functional groups attached to an aromatic ring is 1. The Hall–Kier alpha value is -3.33. The number of aromatic amines is 1. The lowest BCUT2D eigenvalue weighted by atomic mass is 10.1. The number of hydrogen-bond acceptors (Lipinski definition) is 9. The molecule has 10 nitrogen and oxygen atoms in total. The number of nitrogens with one attached hydrogen (secondary N) is 2. The SMILES string of the molecule is C.C/C(=C\c1ccccc1)C(=O)Cl.Cc1c(-c2ccccc2)[nH]n(C(=O)c2snc(Cl)c2Cl)c1=O.NNC(=O)c1snc(Cl)c1Cl. The molecule has 0 radical (unpaired) electrons. The first kappa shape index (κ1) is 38.9. The molecule has 0 saturated carbocycles. The van der Waals surface area contributed by atoms with Gasteiger partial charge in [-0.3, -0.25) is 29.7 Å². The largest absolute Gasteiger partial charge is 0.292 e. The van der Waals surface area contributed by atoms with Crippen molar-refractivity contribution in [3.63, 3.8) is 0 Å². The van der Waals surface area contributed by atoms with Gasteiger partial charge in [0, 0.05) is 11.1 Å². The van der Waals surface area contributed by atoms with E-state index in [4.69, 9.17) is 63.8 Å². The van der Waals surface area contributed by atoms with Crippen molar-refractivity contribution in [2.45, 2.75) is 21.3 Å². The van der Waals surface area contributed by atoms with Crippen molar-refractivity contribution in [1.29, 1.82) is 0 Å². The Morgan fingerprint density at radius 2 is 1.39 bits per heavy atom. The van der Waals surface area contributed by atoms with Crippen molar-refractivity contribution in [3.8, 4) is 11.3 Å². The lowest BCUT2D eigenvalue weighted by molar-refractivity contribution is -0.108. The fourth-order valence-corrected chi connectivity index (χ4v) is 5.68. The third kappa shape index (κ3) is 9.84. The summed E-state index contributed by atoms with van der Waals surface area (Å²) in [6.07, 6.45) is 1.76. The molecule has 0 aliphatic rings. The van der Waals surface area contributed by atoms with Crippen molar-refractivity contribution in [3.05, 3.63) is 118 Å². The number of carbonyl (C=O) groups is 3. The number of benzene rings is 2. The molecule has 46 heavy (non-hydrogen) atoms. The molecule has 1 amide bonds. The summed E-state index contributed by atoms with van der Waals surface area (Å²) in [5.74, 6) is 3.79. The van der Waals surface area contributed by atoms with Crippen LogP contribution in [0.15, 0.2) is 71.0 Å². The molecule has 0 aliphatic heterocycles. The van der Waals surface area contributed by atoms with Crippen LogP contribution in [0.2, 0.25) is 20.4 Å². The van der Waals surface area contributed by atoms with Gasteiger partial charge in [-0.1, -0.05) is 114 Å². The number of aromatic nitrogens is 4. The van der Waals surface area contributed by atoms with E-state index in [2.05, 4.69) is 13.8 Å². The fraction of sp³-hybridized carbons (Fsp3) is 0.103. The van der Waals surface area contributed by atoms with E-state index < -0.39 is 22.6 Å². The minimum atomic E-state index is -0.579. The smallest absolute Gasteiger partial charge is 0.289 e. The number of allylic oxidation sites excluding steroid dienone is 1. The first-order chi connectivity index (χ1) is 21.4. The van der Waals surface area contributed by atoms with Crippen LogP contribution in [-0.2, 0) is 4.79 Å². The minimum absolute atomic E-state index is 0. The van der Waals surface area contributed by atoms with Crippen LogP contribution in [0, 0.1) is 6.92 Å². The van der Waals surface area contributed by atoms with Gasteiger partial charge >= 0.3 is 0 Å². The zero-order chi connectivity index (χ0) is 33.3. The number of nitrogens with zero attached hydrogens (tertiary/aromatic N) is 3. The molecule has 5 aromatic rings. The lowest BCUT2D eigenvalue weighted by Gasteiger charge is -2.00. The molecule has 0 saturated heterocycles. The maximum absolute atomic E-state index is 12.5. The molecule has 0 aliphatic carbocycles. The molecule has 2 aromatic carbocycles. The average Bonchev–Trinajstić information content (AvgIpc) is 3.67. The summed E-state index contributed by atoms with van der Waals surface area (Å²) < 4.78 is 8.37. The lowest BCUT2D eigenvalue weighted by Crippen LogP contribution is -2.29. The van der Waals surface area contributed by atoms with Gasteiger partial charge in [0.05, 0.1) is 5.69 Å². The fourth-order valence-electron chi connectivity index (χ4n) is 3.37. The van der Waals surface area contributed by atoms with E-state index in [9.17, 15) is 19.2 Å². The molecule has 0 spiro atoms. The zero-order valence-electron chi connectivity index (χ0n) is 23.1. The van der Waals surface area contributed by atoms with E-state index in [-0.39, 0.29) is 37.5 Å². The zero-order valence-corrected chi connectivity index (χ0v) is 28.5. The van der Waals surface area contributed by atoms with E-state index in [1.807, 2.05) is 66.1 Å². The second-order valence-corrected chi connectivity index (χ2v) is 12.0. The predicted octanol–water partition coefficient (Wildman–Crippen LogP) is 8.15. The van der Waals surface area contributed by atoms with Crippen LogP contribution in [0.4, 0.5) is 0 Å². The monoisotopic (exact) mass is 760 g/mol. The number of amides is 1. The molecule has 0 bridgehead atoms. The summed E-state index contributed by atoms with van der Waals surface area (Å²) in [6, 6.07) is 18.9. The molecule has 0 fully saturated rings. The van der Waals surface area contributed by atoms with Gasteiger partial charge in [0.25, 0.3) is 17.4 Å². The van der Waals surface area contributed by atoms with Crippen LogP contribution in [0.25, 0.3) is 17.3 Å². The summed E-state index contributed by atoms with van der Waals surface area (Å²) >= 11 is 29.8. The van der Waals surface area contributed by atoms with Gasteiger partial charge in [-0.15, -0.1) is 0 Å². The maximum Gasteiger partial charge on any atom is 0.292 e. The van der Waals surface area contributed by atoms with Crippen molar-refractivity contribution < 1.29 is 14.4 Å². The van der Waals surface area contributed by atoms with Crippen LogP contribution in [-0.4, -0.2) is 35.6 Å². The predicted molar refractivity (Wildman–Crippen MR) is 189 cm³/mol. The highest BCUT2D eigenvalue weighted by molar-refractivity contribution is 7.09. The standard InChI is InChI=1S/C14H9Cl2N3O2S.C10H9ClO.C4H3Cl2N3OS.CH4/c1-7-10(8-5-3-2-4-6-8)17-19(13(7)20)14(21)11-9(15)12(16)18-22-11;1-8(10(11)12)7-9-5-3-2-4-6-9;5-1-2(4(10)8-7)11-9-3(1)6;/h2-6,17H,1H3;2-7H,1H3;7H2,(H,8,10);1H4/b;8-7+;;. The van der Waals surface area contributed by atoms with Gasteiger partial charge in [-0.2, -0.15) is 13.4 Å². The Kier molecular flexibility index (Phi) is 15.3. The Balaban J connectivity index is 0.000000261. The summed E-state index contributed by atoms with van der Waals surface area (Å²) in [6.45, 7) is 3.36. The average molecular weight is 763 g/mol. The summed E-state index contributed by atoms with van der Waals surface area (Å²) in [4.78, 5) is 46.6. The topological polar surface area (TPSA) is 153 Å². The molecule has 5 rings (SSSR count). The number of H-pyrrole nitrogens is 1. The maximum atomic E-state index is 12.5. The van der Waals surface area contributed by atoms with Crippen LogP contribution in [0.1, 0.15) is 44.8 Å². The normalized spacial score (nSPS) is 10.5. The summed E-state index contributed by atoms with van der Waals surface area (Å²) in [5, 5.41) is 2.79.